The van der Waals surface area contributed by atoms with Crippen LogP contribution in [0, 0.1) is 0 Å². The van der Waals surface area contributed by atoms with E-state index in [-0.39, 0.29) is 0 Å². The Kier molecular flexibility index (Phi) is 2.96. The summed E-state index contributed by atoms with van der Waals surface area (Å²) in [5.41, 5.74) is 0. The van der Waals surface area contributed by atoms with Gasteiger partial charge in [0.15, 0.2) is 0 Å². The van der Waals surface area contributed by atoms with Crippen LogP contribution < -0.4 is 10.6 Å². The molecule has 72 valence electrons. The summed E-state index contributed by atoms with van der Waals surface area (Å²) in [6.45, 7) is 2.38. The van der Waals surface area contributed by atoms with Crippen LogP contribution in [0.1, 0.15) is 0 Å². The summed E-state index contributed by atoms with van der Waals surface area (Å²) in [7, 11) is -0.919. The molecular formula is C13H15P. The van der Waals surface area contributed by atoms with Gasteiger partial charge >= 0.3 is 85.9 Å². The Labute approximate surface area is 86.4 Å². The van der Waals surface area contributed by atoms with Gasteiger partial charge in [-0.3, -0.25) is 0 Å². The van der Waals surface area contributed by atoms with Crippen LogP contribution in [0.3, 0.4) is 0 Å². The molecule has 1 heteroatoms. The molecule has 0 bridgehead atoms. The fourth-order valence-electron chi connectivity index (χ4n) is 1.68. The Morgan fingerprint density at radius 3 is 1.36 bits per heavy atom. The molecule has 0 atom stereocenters. The maximum absolute atomic E-state index is 2.38. The number of rotatable bonds is 2. The predicted octanol–water partition coefficient (Wildman–Crippen LogP) is 2.21. The molecule has 2 rings (SSSR count). The summed E-state index contributed by atoms with van der Waals surface area (Å²) in [5.74, 6) is 0. The quantitative estimate of drug-likeness (QED) is 0.655. The van der Waals surface area contributed by atoms with Crippen LogP contribution in [0.5, 0.6) is 0 Å². The monoisotopic (exact) mass is 202 g/mol. The summed E-state index contributed by atoms with van der Waals surface area (Å²) in [4.78, 5) is 0. The van der Waals surface area contributed by atoms with Crippen LogP contribution >= 0.6 is 7.92 Å². The number of benzene rings is 2. The first-order chi connectivity index (χ1) is 6.88. The van der Waals surface area contributed by atoms with Crippen molar-refractivity contribution < 1.29 is 0 Å². The summed E-state index contributed by atoms with van der Waals surface area (Å²) in [6, 6.07) is 21.6. The van der Waals surface area contributed by atoms with Gasteiger partial charge in [-0.2, -0.15) is 0 Å². The van der Waals surface area contributed by atoms with Crippen molar-refractivity contribution in [3.8, 4) is 0 Å². The topological polar surface area (TPSA) is 0 Å². The molecule has 14 heavy (non-hydrogen) atoms. The average Bonchev–Trinajstić information content (AvgIpc) is 2.30. The second-order valence-electron chi connectivity index (χ2n) is 3.54. The molecule has 0 amide bonds. The molecule has 0 aliphatic rings. The fraction of sp³-hybridized carbons (Fsp3) is 0.0769. The summed E-state index contributed by atoms with van der Waals surface area (Å²) < 4.78 is 0. The predicted molar refractivity (Wildman–Crippen MR) is 67.8 cm³/mol. The third kappa shape index (κ3) is 2.02. The molecule has 0 aromatic heterocycles. The second-order valence-corrected chi connectivity index (χ2v) is 6.32. The van der Waals surface area contributed by atoms with Crippen LogP contribution in [0.4, 0.5) is 0 Å². The molecule has 0 saturated heterocycles. The Morgan fingerprint density at radius 1 is 0.643 bits per heavy atom. The van der Waals surface area contributed by atoms with Gasteiger partial charge in [-0.25, -0.2) is 0 Å². The first kappa shape index (κ1) is 9.43. The molecule has 0 heterocycles. The maximum atomic E-state index is 2.38. The SMILES string of the molecule is C[PH2](c1ccccc1)c1ccccc1. The van der Waals surface area contributed by atoms with E-state index in [1.54, 1.807) is 0 Å². The number of hydrogen-bond acceptors (Lipinski definition) is 0. The van der Waals surface area contributed by atoms with E-state index >= 15 is 0 Å². The van der Waals surface area contributed by atoms with Crippen LogP contribution in [0.15, 0.2) is 60.7 Å². The van der Waals surface area contributed by atoms with E-state index in [2.05, 4.69) is 67.3 Å². The molecular weight excluding hydrogens is 187 g/mol. The summed E-state index contributed by atoms with van der Waals surface area (Å²) in [6.07, 6.45) is 0. The van der Waals surface area contributed by atoms with Gasteiger partial charge in [0, 0.05) is 0 Å². The zero-order valence-corrected chi connectivity index (χ0v) is 9.51. The van der Waals surface area contributed by atoms with E-state index in [4.69, 9.17) is 0 Å². The molecule has 0 aliphatic carbocycles. The van der Waals surface area contributed by atoms with Crippen molar-refractivity contribution in [2.75, 3.05) is 6.66 Å². The summed E-state index contributed by atoms with van der Waals surface area (Å²) in [5, 5.41) is 3.03. The summed E-state index contributed by atoms with van der Waals surface area (Å²) >= 11 is 0. The third-order valence-corrected chi connectivity index (χ3v) is 5.37. The van der Waals surface area contributed by atoms with Crippen LogP contribution in [-0.2, 0) is 0 Å². The first-order valence-corrected chi connectivity index (χ1v) is 7.29. The minimum atomic E-state index is -0.919. The van der Waals surface area contributed by atoms with Crippen molar-refractivity contribution in [1.29, 1.82) is 0 Å². The van der Waals surface area contributed by atoms with Crippen molar-refractivity contribution in [3.63, 3.8) is 0 Å². The molecule has 0 unspecified atom stereocenters. The fourth-order valence-corrected chi connectivity index (χ4v) is 3.66. The minimum absolute atomic E-state index is 0.919. The van der Waals surface area contributed by atoms with E-state index in [9.17, 15) is 0 Å². The van der Waals surface area contributed by atoms with E-state index < -0.39 is 7.92 Å². The van der Waals surface area contributed by atoms with E-state index in [0.717, 1.165) is 0 Å². The number of hydrogen-bond donors (Lipinski definition) is 0. The molecule has 0 saturated carbocycles. The molecule has 0 radical (unpaired) electrons. The average molecular weight is 202 g/mol. The molecule has 0 spiro atoms. The van der Waals surface area contributed by atoms with Gasteiger partial charge in [-0.15, -0.1) is 0 Å². The van der Waals surface area contributed by atoms with Gasteiger partial charge in [-0.1, -0.05) is 0 Å². The molecule has 0 fully saturated rings. The molecule has 0 nitrogen and oxygen atoms in total. The first-order valence-electron chi connectivity index (χ1n) is 4.98. The molecule has 2 aromatic rings. The van der Waals surface area contributed by atoms with Crippen LogP contribution in [0.2, 0.25) is 0 Å². The molecule has 0 N–H and O–H groups in total. The Bertz CT molecular complexity index is 341. The standard InChI is InChI=1S/C13H15P/c1-14(12-8-4-2-5-9-12)13-10-6-3-7-11-13/h2-11H,14H2,1H3. The molecule has 2 aromatic carbocycles. The Morgan fingerprint density at radius 2 is 1.00 bits per heavy atom. The van der Waals surface area contributed by atoms with Gasteiger partial charge in [0.1, 0.15) is 0 Å². The van der Waals surface area contributed by atoms with Crippen molar-refractivity contribution >= 4 is 18.5 Å². The van der Waals surface area contributed by atoms with Crippen molar-refractivity contribution in [2.45, 2.75) is 0 Å². The van der Waals surface area contributed by atoms with Crippen molar-refractivity contribution in [3.05, 3.63) is 60.7 Å². The van der Waals surface area contributed by atoms with Gasteiger partial charge in [0.25, 0.3) is 0 Å². The van der Waals surface area contributed by atoms with E-state index in [1.807, 2.05) is 0 Å². The van der Waals surface area contributed by atoms with E-state index in [1.165, 1.54) is 10.6 Å². The van der Waals surface area contributed by atoms with Gasteiger partial charge in [0.05, 0.1) is 0 Å². The van der Waals surface area contributed by atoms with Gasteiger partial charge < -0.3 is 0 Å². The van der Waals surface area contributed by atoms with Crippen molar-refractivity contribution in [1.82, 2.24) is 0 Å². The van der Waals surface area contributed by atoms with Gasteiger partial charge in [-0.05, 0) is 0 Å². The zero-order chi connectivity index (χ0) is 9.80. The Balaban J connectivity index is 2.30. The van der Waals surface area contributed by atoms with Crippen LogP contribution in [-0.4, -0.2) is 6.66 Å². The normalized spacial score (nSPS) is 11.1. The van der Waals surface area contributed by atoms with Crippen LogP contribution in [0.25, 0.3) is 0 Å². The molecule has 0 aliphatic heterocycles. The second kappa shape index (κ2) is 4.39. The van der Waals surface area contributed by atoms with Gasteiger partial charge in [0.2, 0.25) is 0 Å². The van der Waals surface area contributed by atoms with E-state index in [0.29, 0.717) is 0 Å². The zero-order valence-electron chi connectivity index (χ0n) is 8.35. The third-order valence-electron chi connectivity index (χ3n) is 2.60. The Hall–Kier alpha value is -1.13. The van der Waals surface area contributed by atoms with Crippen molar-refractivity contribution in [2.24, 2.45) is 0 Å².